The standard InChI is InChI=1S/C13H28N2S/c1-11(2)12(3)10-15-8-9-16-13-4-6-14-7-5-13/h11-15H,4-10H2,1-3H3. The van der Waals surface area contributed by atoms with Gasteiger partial charge in [0.1, 0.15) is 0 Å². The maximum atomic E-state index is 3.57. The Morgan fingerprint density at radius 1 is 1.25 bits per heavy atom. The molecule has 1 unspecified atom stereocenters. The maximum Gasteiger partial charge on any atom is 0.00716 e. The average Bonchev–Trinajstić information content (AvgIpc) is 2.29. The van der Waals surface area contributed by atoms with Crippen LogP contribution in [0.15, 0.2) is 0 Å². The van der Waals surface area contributed by atoms with E-state index in [1.165, 1.54) is 44.8 Å². The lowest BCUT2D eigenvalue weighted by Crippen LogP contribution is -2.30. The molecule has 1 aliphatic heterocycles. The Bertz CT molecular complexity index is 167. The van der Waals surface area contributed by atoms with Crippen LogP contribution in [0.2, 0.25) is 0 Å². The molecule has 0 aromatic rings. The van der Waals surface area contributed by atoms with Gasteiger partial charge in [0.15, 0.2) is 0 Å². The third-order valence-corrected chi connectivity index (χ3v) is 4.91. The van der Waals surface area contributed by atoms with E-state index < -0.39 is 0 Å². The highest BCUT2D eigenvalue weighted by Crippen LogP contribution is 2.19. The van der Waals surface area contributed by atoms with Crippen molar-refractivity contribution in [3.05, 3.63) is 0 Å². The van der Waals surface area contributed by atoms with Crippen molar-refractivity contribution in [2.75, 3.05) is 31.9 Å². The normalized spacial score (nSPS) is 20.2. The quantitative estimate of drug-likeness (QED) is 0.672. The van der Waals surface area contributed by atoms with Crippen LogP contribution in [-0.4, -0.2) is 37.2 Å². The Morgan fingerprint density at radius 3 is 2.56 bits per heavy atom. The van der Waals surface area contributed by atoms with Crippen LogP contribution >= 0.6 is 11.8 Å². The third-order valence-electron chi connectivity index (χ3n) is 3.52. The molecule has 0 amide bonds. The molecule has 1 heterocycles. The Kier molecular flexibility index (Phi) is 7.50. The van der Waals surface area contributed by atoms with Crippen LogP contribution < -0.4 is 10.6 Å². The molecule has 2 N–H and O–H groups in total. The highest BCUT2D eigenvalue weighted by atomic mass is 32.2. The van der Waals surface area contributed by atoms with Crippen molar-refractivity contribution in [2.24, 2.45) is 11.8 Å². The summed E-state index contributed by atoms with van der Waals surface area (Å²) in [6.07, 6.45) is 2.71. The molecular formula is C13H28N2S. The van der Waals surface area contributed by atoms with E-state index in [-0.39, 0.29) is 0 Å². The predicted molar refractivity (Wildman–Crippen MR) is 75.2 cm³/mol. The number of hydrogen-bond acceptors (Lipinski definition) is 3. The van der Waals surface area contributed by atoms with Gasteiger partial charge in [0.25, 0.3) is 0 Å². The molecule has 3 heteroatoms. The van der Waals surface area contributed by atoms with Crippen molar-refractivity contribution in [1.82, 2.24) is 10.6 Å². The van der Waals surface area contributed by atoms with Crippen molar-refractivity contribution in [3.8, 4) is 0 Å². The molecule has 0 aromatic carbocycles. The van der Waals surface area contributed by atoms with E-state index in [1.54, 1.807) is 0 Å². The average molecular weight is 244 g/mol. The molecule has 16 heavy (non-hydrogen) atoms. The van der Waals surface area contributed by atoms with Gasteiger partial charge >= 0.3 is 0 Å². The lowest BCUT2D eigenvalue weighted by molar-refractivity contribution is 0.397. The van der Waals surface area contributed by atoms with Gasteiger partial charge in [0.2, 0.25) is 0 Å². The second kappa shape index (κ2) is 8.37. The van der Waals surface area contributed by atoms with Gasteiger partial charge in [-0.05, 0) is 44.3 Å². The summed E-state index contributed by atoms with van der Waals surface area (Å²) in [5, 5.41) is 7.89. The van der Waals surface area contributed by atoms with Crippen LogP contribution in [0.25, 0.3) is 0 Å². The van der Waals surface area contributed by atoms with E-state index in [9.17, 15) is 0 Å². The highest BCUT2D eigenvalue weighted by molar-refractivity contribution is 7.99. The van der Waals surface area contributed by atoms with Crippen LogP contribution in [-0.2, 0) is 0 Å². The Labute approximate surface area is 105 Å². The van der Waals surface area contributed by atoms with E-state index in [4.69, 9.17) is 0 Å². The molecule has 0 saturated carbocycles. The zero-order valence-electron chi connectivity index (χ0n) is 11.1. The summed E-state index contributed by atoms with van der Waals surface area (Å²) >= 11 is 2.15. The topological polar surface area (TPSA) is 24.1 Å². The van der Waals surface area contributed by atoms with E-state index in [1.807, 2.05) is 0 Å². The Morgan fingerprint density at radius 2 is 1.94 bits per heavy atom. The molecule has 1 aliphatic rings. The highest BCUT2D eigenvalue weighted by Gasteiger charge is 2.12. The monoisotopic (exact) mass is 244 g/mol. The van der Waals surface area contributed by atoms with E-state index in [0.717, 1.165) is 17.1 Å². The van der Waals surface area contributed by atoms with Crippen LogP contribution in [0.5, 0.6) is 0 Å². The smallest absolute Gasteiger partial charge is 0.00716 e. The Hall–Kier alpha value is 0.270. The first-order valence-corrected chi connectivity index (χ1v) is 7.78. The van der Waals surface area contributed by atoms with Crippen LogP contribution in [0.3, 0.4) is 0 Å². The minimum atomic E-state index is 0.795. The largest absolute Gasteiger partial charge is 0.317 e. The van der Waals surface area contributed by atoms with E-state index >= 15 is 0 Å². The summed E-state index contributed by atoms with van der Waals surface area (Å²) in [6.45, 7) is 11.7. The number of piperidine rings is 1. The lowest BCUT2D eigenvalue weighted by atomic mass is 9.98. The molecule has 1 rings (SSSR count). The van der Waals surface area contributed by atoms with Gasteiger partial charge in [-0.15, -0.1) is 0 Å². The molecule has 0 spiro atoms. The van der Waals surface area contributed by atoms with Gasteiger partial charge < -0.3 is 10.6 Å². The molecule has 2 nitrogen and oxygen atoms in total. The fourth-order valence-corrected chi connectivity index (χ4v) is 2.99. The number of thioether (sulfide) groups is 1. The zero-order chi connectivity index (χ0) is 11.8. The minimum absolute atomic E-state index is 0.795. The van der Waals surface area contributed by atoms with Crippen molar-refractivity contribution >= 4 is 11.8 Å². The molecule has 96 valence electrons. The maximum absolute atomic E-state index is 3.57. The van der Waals surface area contributed by atoms with Gasteiger partial charge in [-0.3, -0.25) is 0 Å². The van der Waals surface area contributed by atoms with Crippen molar-refractivity contribution in [1.29, 1.82) is 0 Å². The van der Waals surface area contributed by atoms with E-state index in [0.29, 0.717) is 0 Å². The summed E-state index contributed by atoms with van der Waals surface area (Å²) in [6, 6.07) is 0. The number of hydrogen-bond donors (Lipinski definition) is 2. The summed E-state index contributed by atoms with van der Waals surface area (Å²) in [7, 11) is 0. The van der Waals surface area contributed by atoms with Gasteiger partial charge in [-0.2, -0.15) is 11.8 Å². The van der Waals surface area contributed by atoms with Crippen LogP contribution in [0.1, 0.15) is 33.6 Å². The molecule has 0 aliphatic carbocycles. The number of nitrogens with one attached hydrogen (secondary N) is 2. The molecule has 1 atom stereocenters. The van der Waals surface area contributed by atoms with Crippen LogP contribution in [0.4, 0.5) is 0 Å². The first-order chi connectivity index (χ1) is 7.70. The zero-order valence-corrected chi connectivity index (χ0v) is 11.9. The van der Waals surface area contributed by atoms with Crippen molar-refractivity contribution in [2.45, 2.75) is 38.9 Å². The first kappa shape index (κ1) is 14.3. The summed E-state index contributed by atoms with van der Waals surface area (Å²) in [5.74, 6) is 2.86. The van der Waals surface area contributed by atoms with Gasteiger partial charge in [-0.25, -0.2) is 0 Å². The number of rotatable bonds is 7. The SMILES string of the molecule is CC(C)C(C)CNCCSC1CCNCC1. The van der Waals surface area contributed by atoms with Crippen molar-refractivity contribution < 1.29 is 0 Å². The molecule has 1 fully saturated rings. The molecule has 0 aromatic heterocycles. The Balaban J connectivity index is 1.91. The third kappa shape index (κ3) is 6.12. The fraction of sp³-hybridized carbons (Fsp3) is 1.00. The fourth-order valence-electron chi connectivity index (χ4n) is 1.83. The molecule has 0 radical (unpaired) electrons. The van der Waals surface area contributed by atoms with Gasteiger partial charge in [-0.1, -0.05) is 20.8 Å². The minimum Gasteiger partial charge on any atom is -0.317 e. The van der Waals surface area contributed by atoms with Gasteiger partial charge in [0.05, 0.1) is 0 Å². The molecular weight excluding hydrogens is 216 g/mol. The van der Waals surface area contributed by atoms with Gasteiger partial charge in [0, 0.05) is 17.5 Å². The van der Waals surface area contributed by atoms with Crippen LogP contribution in [0, 0.1) is 11.8 Å². The lowest BCUT2D eigenvalue weighted by Gasteiger charge is -2.22. The van der Waals surface area contributed by atoms with Crippen molar-refractivity contribution in [3.63, 3.8) is 0 Å². The summed E-state index contributed by atoms with van der Waals surface area (Å²) in [5.41, 5.74) is 0. The molecule has 1 saturated heterocycles. The molecule has 0 bridgehead atoms. The second-order valence-corrected chi connectivity index (χ2v) is 6.65. The predicted octanol–water partition coefficient (Wildman–Crippen LogP) is 2.35. The summed E-state index contributed by atoms with van der Waals surface area (Å²) in [4.78, 5) is 0. The summed E-state index contributed by atoms with van der Waals surface area (Å²) < 4.78 is 0. The van der Waals surface area contributed by atoms with E-state index in [2.05, 4.69) is 43.2 Å². The second-order valence-electron chi connectivity index (χ2n) is 5.25. The first-order valence-electron chi connectivity index (χ1n) is 6.73.